The number of ether oxygens (including phenoxy) is 1. The van der Waals surface area contributed by atoms with Crippen LogP contribution in [0.1, 0.15) is 29.9 Å². The highest BCUT2D eigenvalue weighted by atomic mass is 32.1. The first-order chi connectivity index (χ1) is 15.7. The number of aromatic amines is 1. The zero-order valence-electron chi connectivity index (χ0n) is 17.6. The minimum Gasteiger partial charge on any atom is -0.496 e. The Bertz CT molecular complexity index is 1460. The zero-order chi connectivity index (χ0) is 21.8. The lowest BCUT2D eigenvalue weighted by Crippen LogP contribution is -2.37. The summed E-state index contributed by atoms with van der Waals surface area (Å²) in [4.78, 5) is 38.0. The van der Waals surface area contributed by atoms with Gasteiger partial charge in [0, 0.05) is 30.9 Å². The molecule has 1 saturated heterocycles. The molecule has 1 aliphatic heterocycles. The lowest BCUT2D eigenvalue weighted by molar-refractivity contribution is 0.371. The van der Waals surface area contributed by atoms with E-state index in [0.717, 1.165) is 25.1 Å². The van der Waals surface area contributed by atoms with Gasteiger partial charge in [0.2, 0.25) is 0 Å². The van der Waals surface area contributed by atoms with E-state index in [1.54, 1.807) is 19.5 Å². The summed E-state index contributed by atoms with van der Waals surface area (Å²) in [5.74, 6) is 1.89. The van der Waals surface area contributed by atoms with Gasteiger partial charge in [-0.1, -0.05) is 12.1 Å². The van der Waals surface area contributed by atoms with Gasteiger partial charge in [-0.2, -0.15) is 0 Å². The molecular weight excluding hydrogens is 426 g/mol. The molecule has 2 aliphatic rings. The third kappa shape index (κ3) is 2.91. The largest absolute Gasteiger partial charge is 0.496 e. The normalized spacial score (nSPS) is 22.2. The number of thiophene rings is 1. The summed E-state index contributed by atoms with van der Waals surface area (Å²) < 4.78 is 7.42. The lowest BCUT2D eigenvalue weighted by atomic mass is 9.73. The molecule has 3 atom stereocenters. The highest BCUT2D eigenvalue weighted by molar-refractivity contribution is 7.25. The number of hydrogen-bond donors (Lipinski definition) is 2. The van der Waals surface area contributed by atoms with Gasteiger partial charge in [0.05, 0.1) is 12.6 Å². The first kappa shape index (κ1) is 19.6. The van der Waals surface area contributed by atoms with Gasteiger partial charge in [-0.05, 0) is 48.9 Å². The average Bonchev–Trinajstić information content (AvgIpc) is 3.40. The monoisotopic (exact) mass is 449 g/mol. The van der Waals surface area contributed by atoms with Crippen molar-refractivity contribution in [2.75, 3.05) is 13.7 Å². The quantitative estimate of drug-likeness (QED) is 0.496. The Hall–Kier alpha value is -3.04. The molecule has 0 bridgehead atoms. The average molecular weight is 450 g/mol. The third-order valence-corrected chi connectivity index (χ3v) is 8.08. The van der Waals surface area contributed by atoms with Crippen LogP contribution in [-0.4, -0.2) is 39.2 Å². The van der Waals surface area contributed by atoms with Crippen molar-refractivity contribution in [3.8, 4) is 5.75 Å². The van der Waals surface area contributed by atoms with Crippen molar-refractivity contribution in [1.29, 1.82) is 0 Å². The number of methoxy groups -OCH3 is 1. The van der Waals surface area contributed by atoms with Crippen LogP contribution in [0.25, 0.3) is 20.6 Å². The summed E-state index contributed by atoms with van der Waals surface area (Å²) in [7, 11) is 1.72. The van der Waals surface area contributed by atoms with E-state index >= 15 is 0 Å². The van der Waals surface area contributed by atoms with Crippen LogP contribution in [0.15, 0.2) is 40.2 Å². The van der Waals surface area contributed by atoms with Crippen LogP contribution in [0, 0.1) is 5.92 Å². The van der Waals surface area contributed by atoms with E-state index < -0.39 is 5.69 Å². The van der Waals surface area contributed by atoms with Crippen molar-refractivity contribution < 1.29 is 4.74 Å². The Morgan fingerprint density at radius 2 is 2.12 bits per heavy atom. The van der Waals surface area contributed by atoms with Crippen LogP contribution in [-0.2, 0) is 13.0 Å². The van der Waals surface area contributed by atoms with Crippen molar-refractivity contribution in [1.82, 2.24) is 24.8 Å². The van der Waals surface area contributed by atoms with Gasteiger partial charge in [0.1, 0.15) is 20.8 Å². The number of benzene rings is 1. The maximum Gasteiger partial charge on any atom is 0.328 e. The Balaban J connectivity index is 1.33. The number of nitrogens with one attached hydrogen (secondary N) is 2. The summed E-state index contributed by atoms with van der Waals surface area (Å²) >= 11 is 1.28. The van der Waals surface area contributed by atoms with Crippen molar-refractivity contribution >= 4 is 31.9 Å². The molecule has 164 valence electrons. The van der Waals surface area contributed by atoms with Crippen LogP contribution in [0.4, 0.5) is 0 Å². The number of fused-ring (bicyclic) bond motifs is 6. The van der Waals surface area contributed by atoms with Crippen molar-refractivity contribution in [3.63, 3.8) is 0 Å². The van der Waals surface area contributed by atoms with E-state index in [2.05, 4.69) is 32.4 Å². The number of aromatic nitrogens is 4. The van der Waals surface area contributed by atoms with Crippen LogP contribution in [0.3, 0.4) is 0 Å². The zero-order valence-corrected chi connectivity index (χ0v) is 18.4. The maximum absolute atomic E-state index is 13.1. The lowest BCUT2D eigenvalue weighted by Gasteiger charge is -2.32. The molecule has 2 N–H and O–H groups in total. The minimum atomic E-state index is -0.395. The summed E-state index contributed by atoms with van der Waals surface area (Å²) in [5, 5.41) is 3.66. The molecule has 3 aromatic heterocycles. The Labute approximate surface area is 187 Å². The predicted octanol–water partition coefficient (Wildman–Crippen LogP) is 2.41. The summed E-state index contributed by atoms with van der Waals surface area (Å²) in [5.41, 5.74) is 3.03. The number of rotatable bonds is 4. The molecule has 0 spiro atoms. The second-order valence-electron chi connectivity index (χ2n) is 8.56. The predicted molar refractivity (Wildman–Crippen MR) is 124 cm³/mol. The molecule has 1 fully saturated rings. The summed E-state index contributed by atoms with van der Waals surface area (Å²) in [6.45, 7) is 1.32. The SMILES string of the molecule is COc1cccc2c1CC[C@H]1CNC(CCn3c(=O)[nH]c4c(sc5nccnc54)c3=O)[C@@H]21. The molecule has 1 unspecified atom stereocenters. The molecule has 4 aromatic rings. The van der Waals surface area contributed by atoms with E-state index in [9.17, 15) is 9.59 Å². The third-order valence-electron chi connectivity index (χ3n) is 7.00. The molecule has 1 aliphatic carbocycles. The van der Waals surface area contributed by atoms with E-state index in [4.69, 9.17) is 4.74 Å². The standard InChI is InChI=1S/C23H23N5O3S/c1-31-16-4-2-3-14-13(16)6-5-12-11-26-15(17(12)14)7-10-28-22(29)20-18(27-23(28)30)19-21(32-20)25-9-8-24-19/h2-4,8-9,12,15,17,26H,5-7,10-11H2,1H3,(H,27,30)/t12-,15?,17+/m0/s1. The van der Waals surface area contributed by atoms with Crippen molar-refractivity contribution in [2.24, 2.45) is 5.92 Å². The minimum absolute atomic E-state index is 0.207. The summed E-state index contributed by atoms with van der Waals surface area (Å²) in [6, 6.07) is 6.50. The number of nitrogens with zero attached hydrogens (tertiary/aromatic N) is 3. The molecule has 9 heteroatoms. The molecule has 0 radical (unpaired) electrons. The van der Waals surface area contributed by atoms with Crippen LogP contribution < -0.4 is 21.3 Å². The number of H-pyrrole nitrogens is 1. The van der Waals surface area contributed by atoms with E-state index in [1.165, 1.54) is 27.0 Å². The fraction of sp³-hybridized carbons (Fsp3) is 0.391. The molecule has 4 heterocycles. The van der Waals surface area contributed by atoms with Gasteiger partial charge < -0.3 is 15.0 Å². The van der Waals surface area contributed by atoms with Gasteiger partial charge >= 0.3 is 5.69 Å². The molecular formula is C23H23N5O3S. The molecule has 0 amide bonds. The van der Waals surface area contributed by atoms with Crippen LogP contribution >= 0.6 is 11.3 Å². The molecule has 8 nitrogen and oxygen atoms in total. The highest BCUT2D eigenvalue weighted by Gasteiger charge is 2.40. The Kier molecular flexibility index (Phi) is 4.62. The van der Waals surface area contributed by atoms with Gasteiger partial charge in [-0.25, -0.2) is 14.8 Å². The molecule has 1 aromatic carbocycles. The van der Waals surface area contributed by atoms with Gasteiger partial charge in [-0.3, -0.25) is 9.36 Å². The second kappa shape index (κ2) is 7.53. The van der Waals surface area contributed by atoms with E-state index in [1.807, 2.05) is 6.07 Å². The van der Waals surface area contributed by atoms with Crippen LogP contribution in [0.5, 0.6) is 5.75 Å². The van der Waals surface area contributed by atoms with Gasteiger partial charge in [-0.15, -0.1) is 11.3 Å². The maximum atomic E-state index is 13.1. The Morgan fingerprint density at radius 3 is 3.00 bits per heavy atom. The van der Waals surface area contributed by atoms with Gasteiger partial charge in [0.15, 0.2) is 0 Å². The fourth-order valence-electron chi connectivity index (χ4n) is 5.56. The topological polar surface area (TPSA) is 102 Å². The first-order valence-electron chi connectivity index (χ1n) is 10.9. The van der Waals surface area contributed by atoms with Crippen molar-refractivity contribution in [2.45, 2.75) is 37.8 Å². The smallest absolute Gasteiger partial charge is 0.328 e. The number of hydrogen-bond acceptors (Lipinski definition) is 7. The Morgan fingerprint density at radius 1 is 1.25 bits per heavy atom. The van der Waals surface area contributed by atoms with Crippen molar-refractivity contribution in [3.05, 3.63) is 62.6 Å². The molecule has 6 rings (SSSR count). The molecule has 32 heavy (non-hydrogen) atoms. The van der Waals surface area contributed by atoms with Gasteiger partial charge in [0.25, 0.3) is 5.56 Å². The van der Waals surface area contributed by atoms with E-state index in [0.29, 0.717) is 45.4 Å². The first-order valence-corrected chi connectivity index (χ1v) is 11.7. The fourth-order valence-corrected chi connectivity index (χ4v) is 6.56. The summed E-state index contributed by atoms with van der Waals surface area (Å²) in [6.07, 6.45) is 6.01. The second-order valence-corrected chi connectivity index (χ2v) is 9.56. The van der Waals surface area contributed by atoms with E-state index in [-0.39, 0.29) is 11.6 Å². The highest BCUT2D eigenvalue weighted by Crippen LogP contribution is 2.45. The van der Waals surface area contributed by atoms with Crippen LogP contribution in [0.2, 0.25) is 0 Å². The molecule has 0 saturated carbocycles.